The molecular formula is C17H19F3N4O3. The summed E-state index contributed by atoms with van der Waals surface area (Å²) in [6, 6.07) is 4.10. The normalized spacial score (nSPS) is 16.1. The molecule has 0 radical (unpaired) electrons. The number of carbonyl (C=O) groups excluding carboxylic acids is 1. The summed E-state index contributed by atoms with van der Waals surface area (Å²) in [4.78, 5) is 14.0. The fourth-order valence-corrected chi connectivity index (χ4v) is 3.30. The first-order chi connectivity index (χ1) is 12.6. The van der Waals surface area contributed by atoms with E-state index in [0.717, 1.165) is 12.8 Å². The Morgan fingerprint density at radius 3 is 2.41 bits per heavy atom. The summed E-state index contributed by atoms with van der Waals surface area (Å²) < 4.78 is 39.7. The molecule has 0 atom stereocenters. The number of nitrogens with zero attached hydrogens (tertiary/aromatic N) is 3. The van der Waals surface area contributed by atoms with Gasteiger partial charge in [0.05, 0.1) is 0 Å². The van der Waals surface area contributed by atoms with Crippen molar-refractivity contribution in [2.45, 2.75) is 38.4 Å². The first kappa shape index (κ1) is 19.2. The molecular weight excluding hydrogens is 365 g/mol. The second-order valence-corrected chi connectivity index (χ2v) is 6.56. The molecule has 0 bridgehead atoms. The van der Waals surface area contributed by atoms with E-state index < -0.39 is 28.9 Å². The zero-order chi connectivity index (χ0) is 19.9. The van der Waals surface area contributed by atoms with E-state index in [1.165, 1.54) is 25.1 Å². The van der Waals surface area contributed by atoms with Gasteiger partial charge in [0.1, 0.15) is 0 Å². The maximum atomic E-state index is 13.4. The second-order valence-electron chi connectivity index (χ2n) is 6.56. The Bertz CT molecular complexity index is 893. The summed E-state index contributed by atoms with van der Waals surface area (Å²) in [7, 11) is 0. The molecule has 10 heteroatoms. The Morgan fingerprint density at radius 1 is 1.22 bits per heavy atom. The molecule has 7 nitrogen and oxygen atoms in total. The minimum absolute atomic E-state index is 0.0719. The van der Waals surface area contributed by atoms with Crippen LogP contribution in [0.5, 0.6) is 0 Å². The number of fused-ring (bicyclic) bond motifs is 1. The summed E-state index contributed by atoms with van der Waals surface area (Å²) in [6.45, 7) is 2.59. The lowest BCUT2D eigenvalue weighted by molar-refractivity contribution is -0.647. The predicted molar refractivity (Wildman–Crippen MR) is 90.9 cm³/mol. The topological polar surface area (TPSA) is 100 Å². The number of aromatic nitrogens is 2. The van der Waals surface area contributed by atoms with Gasteiger partial charge in [-0.05, 0) is 18.9 Å². The van der Waals surface area contributed by atoms with E-state index in [1.807, 2.05) is 4.90 Å². The van der Waals surface area contributed by atoms with Gasteiger partial charge in [0, 0.05) is 43.4 Å². The van der Waals surface area contributed by atoms with Crippen molar-refractivity contribution in [3.05, 3.63) is 40.0 Å². The van der Waals surface area contributed by atoms with Gasteiger partial charge in [-0.1, -0.05) is 6.92 Å². The number of anilines is 1. The summed E-state index contributed by atoms with van der Waals surface area (Å²) >= 11 is 0. The summed E-state index contributed by atoms with van der Waals surface area (Å²) in [6.07, 6.45) is -3.99. The van der Waals surface area contributed by atoms with Crippen LogP contribution in [0, 0.1) is 10.4 Å². The largest absolute Gasteiger partial charge is 0.618 e. The number of hydrogen-bond acceptors (Lipinski definition) is 5. The molecule has 1 aliphatic heterocycles. The third-order valence-electron chi connectivity index (χ3n) is 4.79. The molecule has 0 aliphatic carbocycles. The second kappa shape index (κ2) is 6.84. The molecule has 1 aromatic heterocycles. The first-order valence-electron chi connectivity index (χ1n) is 8.59. The molecule has 0 spiro atoms. The Hall–Kier alpha value is -2.62. The number of carbonyl (C=O) groups is 1. The maximum Gasteiger partial charge on any atom is 0.486 e. The quantitative estimate of drug-likeness (QED) is 0.493. The summed E-state index contributed by atoms with van der Waals surface area (Å²) in [5.41, 5.74) is 2.78. The SMILES string of the molecule is CCC(=O)c1c(C(F)(F)F)[n+]([O-])c2ccc(N3CCC(N)CC3)cc2[n+]1[O-]. The Balaban J connectivity index is 2.22. The zero-order valence-corrected chi connectivity index (χ0v) is 14.6. The molecule has 0 saturated carbocycles. The van der Waals surface area contributed by atoms with Crippen LogP contribution in [0.15, 0.2) is 18.2 Å². The van der Waals surface area contributed by atoms with Crippen LogP contribution in [-0.4, -0.2) is 24.9 Å². The molecule has 27 heavy (non-hydrogen) atoms. The minimum atomic E-state index is -5.13. The lowest BCUT2D eigenvalue weighted by atomic mass is 10.1. The number of benzene rings is 1. The van der Waals surface area contributed by atoms with Crippen LogP contribution in [0.3, 0.4) is 0 Å². The highest BCUT2D eigenvalue weighted by molar-refractivity contribution is 5.94. The number of Topliss-reactive ketones (excluding diaryl/α,β-unsaturated/α-hetero) is 1. The molecule has 1 saturated heterocycles. The van der Waals surface area contributed by atoms with E-state index in [0.29, 0.717) is 18.8 Å². The van der Waals surface area contributed by atoms with E-state index in [-0.39, 0.29) is 27.4 Å². The van der Waals surface area contributed by atoms with Crippen molar-refractivity contribution >= 4 is 22.5 Å². The van der Waals surface area contributed by atoms with Crippen molar-refractivity contribution < 1.29 is 27.4 Å². The van der Waals surface area contributed by atoms with Gasteiger partial charge in [-0.15, -0.1) is 4.73 Å². The minimum Gasteiger partial charge on any atom is -0.618 e. The molecule has 2 N–H and O–H groups in total. The van der Waals surface area contributed by atoms with Gasteiger partial charge in [0.25, 0.3) is 11.0 Å². The van der Waals surface area contributed by atoms with Crippen LogP contribution in [0.1, 0.15) is 42.4 Å². The van der Waals surface area contributed by atoms with Crippen LogP contribution in [0.4, 0.5) is 18.9 Å². The number of hydrogen-bond donors (Lipinski definition) is 1. The van der Waals surface area contributed by atoms with Crippen LogP contribution >= 0.6 is 0 Å². The third kappa shape index (κ3) is 3.36. The van der Waals surface area contributed by atoms with Gasteiger partial charge < -0.3 is 21.0 Å². The highest BCUT2D eigenvalue weighted by atomic mass is 19.4. The van der Waals surface area contributed by atoms with E-state index in [9.17, 15) is 28.4 Å². The molecule has 1 fully saturated rings. The fraction of sp³-hybridized carbons (Fsp3) is 0.471. The highest BCUT2D eigenvalue weighted by Crippen LogP contribution is 2.31. The molecule has 3 rings (SSSR count). The molecule has 146 valence electrons. The van der Waals surface area contributed by atoms with Crippen LogP contribution < -0.4 is 20.1 Å². The molecule has 2 heterocycles. The average Bonchev–Trinajstić information content (AvgIpc) is 2.63. The summed E-state index contributed by atoms with van der Waals surface area (Å²) in [5, 5.41) is 25.0. The number of halogens is 3. The van der Waals surface area contributed by atoms with Gasteiger partial charge in [0.15, 0.2) is 0 Å². The number of ketones is 1. The van der Waals surface area contributed by atoms with Gasteiger partial charge >= 0.3 is 17.6 Å². The van der Waals surface area contributed by atoms with Crippen molar-refractivity contribution in [1.29, 1.82) is 0 Å². The summed E-state index contributed by atoms with van der Waals surface area (Å²) in [5.74, 6) is -1.04. The number of rotatable bonds is 3. The molecule has 1 aromatic carbocycles. The Morgan fingerprint density at radius 2 is 1.85 bits per heavy atom. The van der Waals surface area contributed by atoms with Crippen molar-refractivity contribution in [2.24, 2.45) is 5.73 Å². The van der Waals surface area contributed by atoms with Crippen LogP contribution in [-0.2, 0) is 6.18 Å². The predicted octanol–water partition coefficient (Wildman–Crippen LogP) is 1.65. The van der Waals surface area contributed by atoms with Crippen LogP contribution in [0.2, 0.25) is 0 Å². The molecule has 1 aliphatic rings. The van der Waals surface area contributed by atoms with Gasteiger partial charge in [0.2, 0.25) is 5.78 Å². The third-order valence-corrected chi connectivity index (χ3v) is 4.79. The van der Waals surface area contributed by atoms with E-state index in [1.54, 1.807) is 0 Å². The average molecular weight is 384 g/mol. The monoisotopic (exact) mass is 384 g/mol. The van der Waals surface area contributed by atoms with Crippen molar-refractivity contribution in [2.75, 3.05) is 18.0 Å². The van der Waals surface area contributed by atoms with Gasteiger partial charge in [-0.25, -0.2) is 0 Å². The maximum absolute atomic E-state index is 13.4. The lowest BCUT2D eigenvalue weighted by Crippen LogP contribution is -2.50. The zero-order valence-electron chi connectivity index (χ0n) is 14.6. The van der Waals surface area contributed by atoms with E-state index >= 15 is 0 Å². The Labute approximate surface area is 153 Å². The molecule has 0 unspecified atom stereocenters. The molecule has 2 aromatic rings. The van der Waals surface area contributed by atoms with Crippen LogP contribution in [0.25, 0.3) is 11.0 Å². The van der Waals surface area contributed by atoms with Crippen molar-refractivity contribution in [3.63, 3.8) is 0 Å². The Kier molecular flexibility index (Phi) is 4.85. The molecule has 0 amide bonds. The number of nitrogens with two attached hydrogens (primary N) is 1. The first-order valence-corrected chi connectivity index (χ1v) is 8.59. The van der Waals surface area contributed by atoms with E-state index in [4.69, 9.17) is 5.73 Å². The highest BCUT2D eigenvalue weighted by Gasteiger charge is 2.50. The number of alkyl halides is 3. The van der Waals surface area contributed by atoms with Gasteiger partial charge in [-0.2, -0.15) is 17.9 Å². The lowest BCUT2D eigenvalue weighted by Gasteiger charge is -2.31. The van der Waals surface area contributed by atoms with Crippen molar-refractivity contribution in [1.82, 2.24) is 0 Å². The number of piperidine rings is 1. The smallest absolute Gasteiger partial charge is 0.486 e. The van der Waals surface area contributed by atoms with Crippen molar-refractivity contribution in [3.8, 4) is 0 Å². The van der Waals surface area contributed by atoms with Gasteiger partial charge in [-0.3, -0.25) is 4.79 Å². The standard InChI is InChI=1S/C17H19F3N4O3/c1-2-14(25)15-16(17(18,19)20)24(27)12-4-3-11(9-13(12)23(15)26)22-7-5-10(21)6-8-22/h3-4,9-10H,2,5-8,21H2,1H3. The van der Waals surface area contributed by atoms with E-state index in [2.05, 4.69) is 0 Å². The fourth-order valence-electron chi connectivity index (χ4n) is 3.30.